The number of amides is 1. The molecular weight excluding hydrogens is 324 g/mol. The van der Waals surface area contributed by atoms with Crippen LogP contribution in [0.25, 0.3) is 0 Å². The van der Waals surface area contributed by atoms with Gasteiger partial charge < -0.3 is 14.8 Å². The SMILES string of the molecule is CCOc1ccc(OCCNC(=O)c2cccc(C)c2[N+](=O)[O-])cc1. The number of nitro groups is 1. The number of aryl methyl sites for hydroxylation is 1. The van der Waals surface area contributed by atoms with E-state index in [1.807, 2.05) is 6.92 Å². The normalized spacial score (nSPS) is 10.2. The van der Waals surface area contributed by atoms with E-state index in [0.717, 1.165) is 5.75 Å². The van der Waals surface area contributed by atoms with Crippen molar-refractivity contribution in [2.75, 3.05) is 19.8 Å². The van der Waals surface area contributed by atoms with Crippen molar-refractivity contribution in [1.82, 2.24) is 5.32 Å². The molecular formula is C18H20N2O5. The van der Waals surface area contributed by atoms with Gasteiger partial charge in [-0.2, -0.15) is 0 Å². The second-order valence-corrected chi connectivity index (χ2v) is 5.24. The largest absolute Gasteiger partial charge is 0.494 e. The summed E-state index contributed by atoms with van der Waals surface area (Å²) < 4.78 is 10.9. The first-order chi connectivity index (χ1) is 12.0. The third-order valence-electron chi connectivity index (χ3n) is 3.46. The van der Waals surface area contributed by atoms with Crippen LogP contribution in [0.2, 0.25) is 0 Å². The highest BCUT2D eigenvalue weighted by Crippen LogP contribution is 2.22. The first-order valence-corrected chi connectivity index (χ1v) is 7.90. The highest BCUT2D eigenvalue weighted by molar-refractivity contribution is 5.98. The first-order valence-electron chi connectivity index (χ1n) is 7.90. The van der Waals surface area contributed by atoms with Gasteiger partial charge in [0, 0.05) is 5.56 Å². The molecule has 0 unspecified atom stereocenters. The second-order valence-electron chi connectivity index (χ2n) is 5.24. The summed E-state index contributed by atoms with van der Waals surface area (Å²) in [6.07, 6.45) is 0. The van der Waals surface area contributed by atoms with E-state index in [9.17, 15) is 14.9 Å². The molecule has 7 nitrogen and oxygen atoms in total. The minimum absolute atomic E-state index is 0.0473. The van der Waals surface area contributed by atoms with Gasteiger partial charge in [-0.25, -0.2) is 0 Å². The highest BCUT2D eigenvalue weighted by Gasteiger charge is 2.21. The molecule has 2 aromatic rings. The number of benzene rings is 2. The fraction of sp³-hybridized carbons (Fsp3) is 0.278. The maximum Gasteiger partial charge on any atom is 0.285 e. The molecule has 0 aliphatic carbocycles. The van der Waals surface area contributed by atoms with Crippen molar-refractivity contribution in [3.63, 3.8) is 0 Å². The van der Waals surface area contributed by atoms with Gasteiger partial charge in [-0.3, -0.25) is 14.9 Å². The predicted octanol–water partition coefficient (Wildman–Crippen LogP) is 3.11. The zero-order valence-corrected chi connectivity index (χ0v) is 14.2. The van der Waals surface area contributed by atoms with Crippen molar-refractivity contribution in [3.05, 3.63) is 63.7 Å². The molecule has 0 aliphatic heterocycles. The van der Waals surface area contributed by atoms with E-state index in [-0.39, 0.29) is 24.4 Å². The number of hydrogen-bond acceptors (Lipinski definition) is 5. The molecule has 0 radical (unpaired) electrons. The smallest absolute Gasteiger partial charge is 0.285 e. The molecule has 0 saturated heterocycles. The van der Waals surface area contributed by atoms with Gasteiger partial charge in [0.15, 0.2) is 0 Å². The number of carbonyl (C=O) groups excluding carboxylic acids is 1. The van der Waals surface area contributed by atoms with Crippen molar-refractivity contribution in [1.29, 1.82) is 0 Å². The van der Waals surface area contributed by atoms with Crippen molar-refractivity contribution < 1.29 is 19.2 Å². The Labute approximate surface area is 145 Å². The fourth-order valence-electron chi connectivity index (χ4n) is 2.31. The topological polar surface area (TPSA) is 90.7 Å². The summed E-state index contributed by atoms with van der Waals surface area (Å²) in [6, 6.07) is 11.8. The number of nitrogens with one attached hydrogen (secondary N) is 1. The van der Waals surface area contributed by atoms with Crippen LogP contribution in [0.3, 0.4) is 0 Å². The maximum absolute atomic E-state index is 12.2. The highest BCUT2D eigenvalue weighted by atomic mass is 16.6. The Bertz CT molecular complexity index is 744. The van der Waals surface area contributed by atoms with Crippen LogP contribution in [-0.4, -0.2) is 30.6 Å². The Morgan fingerprint density at radius 2 is 1.76 bits per heavy atom. The molecule has 0 heterocycles. The van der Waals surface area contributed by atoms with Gasteiger partial charge in [0.1, 0.15) is 23.7 Å². The van der Waals surface area contributed by atoms with Crippen LogP contribution < -0.4 is 14.8 Å². The van der Waals surface area contributed by atoms with Crippen LogP contribution >= 0.6 is 0 Å². The fourth-order valence-corrected chi connectivity index (χ4v) is 2.31. The molecule has 0 aromatic heterocycles. The number of hydrogen-bond donors (Lipinski definition) is 1. The summed E-state index contributed by atoms with van der Waals surface area (Å²) in [4.78, 5) is 22.7. The molecule has 2 rings (SSSR count). The van der Waals surface area contributed by atoms with Crippen LogP contribution in [0.15, 0.2) is 42.5 Å². The van der Waals surface area contributed by atoms with Crippen LogP contribution in [0, 0.1) is 17.0 Å². The van der Waals surface area contributed by atoms with Crippen LogP contribution in [-0.2, 0) is 0 Å². The lowest BCUT2D eigenvalue weighted by molar-refractivity contribution is -0.385. The monoisotopic (exact) mass is 344 g/mol. The second kappa shape index (κ2) is 8.68. The van der Waals surface area contributed by atoms with E-state index in [4.69, 9.17) is 9.47 Å². The summed E-state index contributed by atoms with van der Waals surface area (Å²) in [5.41, 5.74) is 0.321. The Kier molecular flexibility index (Phi) is 6.33. The predicted molar refractivity (Wildman–Crippen MR) is 93.3 cm³/mol. The van der Waals surface area contributed by atoms with Crippen LogP contribution in [0.5, 0.6) is 11.5 Å². The van der Waals surface area contributed by atoms with Crippen molar-refractivity contribution >= 4 is 11.6 Å². The molecule has 2 aromatic carbocycles. The summed E-state index contributed by atoms with van der Waals surface area (Å²) in [5.74, 6) is 0.917. The number of nitro benzene ring substituents is 1. The average Bonchev–Trinajstić information content (AvgIpc) is 2.59. The summed E-state index contributed by atoms with van der Waals surface area (Å²) in [7, 11) is 0. The molecule has 7 heteroatoms. The summed E-state index contributed by atoms with van der Waals surface area (Å²) in [6.45, 7) is 4.59. The Morgan fingerprint density at radius 1 is 1.12 bits per heavy atom. The summed E-state index contributed by atoms with van der Waals surface area (Å²) in [5, 5.41) is 13.8. The van der Waals surface area contributed by atoms with Crippen LogP contribution in [0.4, 0.5) is 5.69 Å². The van der Waals surface area contributed by atoms with Crippen LogP contribution in [0.1, 0.15) is 22.8 Å². The molecule has 0 fully saturated rings. The van der Waals surface area contributed by atoms with Gasteiger partial charge >= 0.3 is 0 Å². The van der Waals surface area contributed by atoms with E-state index in [0.29, 0.717) is 17.9 Å². The van der Waals surface area contributed by atoms with Crippen molar-refractivity contribution in [2.45, 2.75) is 13.8 Å². The van der Waals surface area contributed by atoms with Gasteiger partial charge in [0.05, 0.1) is 18.1 Å². The lowest BCUT2D eigenvalue weighted by atomic mass is 10.1. The molecule has 132 valence electrons. The molecule has 0 atom stereocenters. The number of carbonyl (C=O) groups is 1. The lowest BCUT2D eigenvalue weighted by Gasteiger charge is -2.09. The Hall–Kier alpha value is -3.09. The molecule has 0 spiro atoms. The van der Waals surface area contributed by atoms with Gasteiger partial charge in [-0.05, 0) is 44.2 Å². The minimum atomic E-state index is -0.541. The molecule has 0 aliphatic rings. The third-order valence-corrected chi connectivity index (χ3v) is 3.46. The molecule has 1 amide bonds. The average molecular weight is 344 g/mol. The molecule has 1 N–H and O–H groups in total. The molecule has 25 heavy (non-hydrogen) atoms. The van der Waals surface area contributed by atoms with E-state index in [1.165, 1.54) is 6.07 Å². The molecule has 0 saturated carbocycles. The quantitative estimate of drug-likeness (QED) is 0.451. The van der Waals surface area contributed by atoms with Crippen molar-refractivity contribution in [3.8, 4) is 11.5 Å². The standard InChI is InChI=1S/C18H20N2O5/c1-3-24-14-7-9-15(10-8-14)25-12-11-19-18(21)16-6-4-5-13(2)17(16)20(22)23/h4-10H,3,11-12H2,1-2H3,(H,19,21). The molecule has 0 bridgehead atoms. The van der Waals surface area contributed by atoms with E-state index in [1.54, 1.807) is 43.3 Å². The van der Waals surface area contributed by atoms with E-state index < -0.39 is 10.8 Å². The minimum Gasteiger partial charge on any atom is -0.494 e. The zero-order chi connectivity index (χ0) is 18.2. The Balaban J connectivity index is 1.87. The van der Waals surface area contributed by atoms with Gasteiger partial charge in [0.2, 0.25) is 0 Å². The van der Waals surface area contributed by atoms with Crippen molar-refractivity contribution in [2.24, 2.45) is 0 Å². The van der Waals surface area contributed by atoms with Gasteiger partial charge in [-0.15, -0.1) is 0 Å². The van der Waals surface area contributed by atoms with E-state index >= 15 is 0 Å². The van der Waals surface area contributed by atoms with Gasteiger partial charge in [0.25, 0.3) is 11.6 Å². The van der Waals surface area contributed by atoms with Gasteiger partial charge in [-0.1, -0.05) is 12.1 Å². The number of nitrogens with zero attached hydrogens (tertiary/aromatic N) is 1. The number of ether oxygens (including phenoxy) is 2. The number of rotatable bonds is 8. The Morgan fingerprint density at radius 3 is 2.36 bits per heavy atom. The number of para-hydroxylation sites is 1. The summed E-state index contributed by atoms with van der Waals surface area (Å²) >= 11 is 0. The van der Waals surface area contributed by atoms with E-state index in [2.05, 4.69) is 5.32 Å². The maximum atomic E-state index is 12.2. The first kappa shape index (κ1) is 18.3. The third kappa shape index (κ3) is 4.94. The zero-order valence-electron chi connectivity index (χ0n) is 14.2. The lowest BCUT2D eigenvalue weighted by Crippen LogP contribution is -2.28.